The molecule has 3 aromatic carbocycles. The van der Waals surface area contributed by atoms with Crippen molar-refractivity contribution in [3.63, 3.8) is 0 Å². The van der Waals surface area contributed by atoms with E-state index >= 15 is 0 Å². The Morgan fingerprint density at radius 3 is 2.11 bits per heavy atom. The molecule has 0 bridgehead atoms. The van der Waals surface area contributed by atoms with Crippen molar-refractivity contribution < 1.29 is 4.39 Å². The maximum atomic E-state index is 12.9. The molecule has 0 spiro atoms. The first kappa shape index (κ1) is 11.5. The summed E-state index contributed by atoms with van der Waals surface area (Å²) in [6.07, 6.45) is 5.39. The standard InChI is InChI=1S/C18H11F/c1-2-13-3-4-17-12-16(6-5-15(17)11-13)14-7-9-18(19)10-8-14/h1,3-12H. The number of benzene rings is 3. The lowest BCUT2D eigenvalue weighted by atomic mass is 10.00. The largest absolute Gasteiger partial charge is 0.207 e. The maximum Gasteiger partial charge on any atom is 0.123 e. The molecule has 0 aliphatic heterocycles. The van der Waals surface area contributed by atoms with E-state index in [4.69, 9.17) is 6.42 Å². The molecule has 3 aromatic rings. The van der Waals surface area contributed by atoms with Crippen LogP contribution < -0.4 is 0 Å². The van der Waals surface area contributed by atoms with Crippen molar-refractivity contribution in [1.82, 2.24) is 0 Å². The van der Waals surface area contributed by atoms with Crippen LogP contribution in [-0.4, -0.2) is 0 Å². The van der Waals surface area contributed by atoms with Gasteiger partial charge in [0.25, 0.3) is 0 Å². The summed E-state index contributed by atoms with van der Waals surface area (Å²) >= 11 is 0. The average Bonchev–Trinajstić information content (AvgIpc) is 2.47. The van der Waals surface area contributed by atoms with Crippen molar-refractivity contribution in [2.45, 2.75) is 0 Å². The minimum atomic E-state index is -0.219. The fourth-order valence-electron chi connectivity index (χ4n) is 2.16. The lowest BCUT2D eigenvalue weighted by molar-refractivity contribution is 0.628. The molecule has 0 atom stereocenters. The Hall–Kier alpha value is -2.59. The van der Waals surface area contributed by atoms with Crippen LogP contribution in [0.25, 0.3) is 21.9 Å². The number of fused-ring (bicyclic) bond motifs is 1. The van der Waals surface area contributed by atoms with E-state index in [0.29, 0.717) is 0 Å². The molecule has 0 saturated carbocycles. The van der Waals surface area contributed by atoms with E-state index in [1.54, 1.807) is 12.1 Å². The van der Waals surface area contributed by atoms with Gasteiger partial charge in [0.2, 0.25) is 0 Å². The highest BCUT2D eigenvalue weighted by Gasteiger charge is 2.01. The molecule has 0 amide bonds. The molecule has 0 aromatic heterocycles. The van der Waals surface area contributed by atoms with Gasteiger partial charge in [-0.3, -0.25) is 0 Å². The van der Waals surface area contributed by atoms with Gasteiger partial charge < -0.3 is 0 Å². The summed E-state index contributed by atoms with van der Waals surface area (Å²) in [7, 11) is 0. The predicted molar refractivity (Wildman–Crippen MR) is 77.3 cm³/mol. The minimum Gasteiger partial charge on any atom is -0.207 e. The predicted octanol–water partition coefficient (Wildman–Crippen LogP) is 4.63. The van der Waals surface area contributed by atoms with Crippen molar-refractivity contribution in [2.24, 2.45) is 0 Å². The van der Waals surface area contributed by atoms with Crippen LogP contribution in [0.15, 0.2) is 60.7 Å². The second-order valence-electron chi connectivity index (χ2n) is 4.43. The molecular formula is C18H11F. The van der Waals surface area contributed by atoms with Crippen LogP contribution in [0.4, 0.5) is 4.39 Å². The van der Waals surface area contributed by atoms with Gasteiger partial charge in [-0.15, -0.1) is 6.42 Å². The monoisotopic (exact) mass is 246 g/mol. The second kappa shape index (κ2) is 4.59. The smallest absolute Gasteiger partial charge is 0.123 e. The van der Waals surface area contributed by atoms with E-state index in [2.05, 4.69) is 12.0 Å². The van der Waals surface area contributed by atoms with Gasteiger partial charge in [-0.25, -0.2) is 4.39 Å². The van der Waals surface area contributed by atoms with Crippen molar-refractivity contribution in [3.8, 4) is 23.5 Å². The lowest BCUT2D eigenvalue weighted by Gasteiger charge is -2.05. The molecule has 0 aliphatic carbocycles. The average molecular weight is 246 g/mol. The normalized spacial score (nSPS) is 10.3. The zero-order valence-corrected chi connectivity index (χ0v) is 10.2. The Kier molecular flexibility index (Phi) is 2.78. The molecule has 19 heavy (non-hydrogen) atoms. The van der Waals surface area contributed by atoms with Gasteiger partial charge in [0.1, 0.15) is 5.82 Å². The van der Waals surface area contributed by atoms with Gasteiger partial charge in [-0.2, -0.15) is 0 Å². The maximum absolute atomic E-state index is 12.9. The van der Waals surface area contributed by atoms with E-state index in [-0.39, 0.29) is 5.82 Å². The Balaban J connectivity index is 2.12. The molecule has 0 aliphatic rings. The first-order valence-corrected chi connectivity index (χ1v) is 6.03. The Labute approximate surface area is 111 Å². The Bertz CT molecular complexity index is 777. The van der Waals surface area contributed by atoms with E-state index < -0.39 is 0 Å². The molecule has 0 heterocycles. The molecule has 0 unspecified atom stereocenters. The van der Waals surface area contributed by atoms with E-state index in [1.165, 1.54) is 12.1 Å². The van der Waals surface area contributed by atoms with Crippen LogP contribution in [0, 0.1) is 18.2 Å². The number of rotatable bonds is 1. The second-order valence-corrected chi connectivity index (χ2v) is 4.43. The van der Waals surface area contributed by atoms with Crippen LogP contribution in [0.2, 0.25) is 0 Å². The fraction of sp³-hybridized carbons (Fsp3) is 0. The third-order valence-corrected chi connectivity index (χ3v) is 3.18. The minimum absolute atomic E-state index is 0.219. The number of terminal acetylenes is 1. The molecule has 0 saturated heterocycles. The summed E-state index contributed by atoms with van der Waals surface area (Å²) in [5.41, 5.74) is 2.95. The molecular weight excluding hydrogens is 235 g/mol. The first-order valence-electron chi connectivity index (χ1n) is 6.03. The molecule has 1 heteroatoms. The summed E-state index contributed by atoms with van der Waals surface area (Å²) < 4.78 is 12.9. The van der Waals surface area contributed by atoms with Gasteiger partial charge in [0, 0.05) is 5.56 Å². The van der Waals surface area contributed by atoms with Gasteiger partial charge in [-0.1, -0.05) is 36.3 Å². The van der Waals surface area contributed by atoms with Crippen LogP contribution in [0.1, 0.15) is 5.56 Å². The van der Waals surface area contributed by atoms with E-state index in [9.17, 15) is 4.39 Å². The molecule has 90 valence electrons. The summed E-state index contributed by atoms with van der Waals surface area (Å²) in [6, 6.07) is 18.6. The van der Waals surface area contributed by atoms with Gasteiger partial charge in [0.15, 0.2) is 0 Å². The van der Waals surface area contributed by atoms with Crippen LogP contribution in [0.5, 0.6) is 0 Å². The summed E-state index contributed by atoms with van der Waals surface area (Å²) in [4.78, 5) is 0. The summed E-state index contributed by atoms with van der Waals surface area (Å²) in [5, 5.41) is 2.24. The van der Waals surface area contributed by atoms with Crippen LogP contribution >= 0.6 is 0 Å². The molecule has 0 nitrogen and oxygen atoms in total. The van der Waals surface area contributed by atoms with E-state index in [1.807, 2.05) is 30.3 Å². The molecule has 0 N–H and O–H groups in total. The topological polar surface area (TPSA) is 0 Å². The first-order chi connectivity index (χ1) is 9.26. The number of halogens is 1. The van der Waals surface area contributed by atoms with Crippen LogP contribution in [-0.2, 0) is 0 Å². The van der Waals surface area contributed by atoms with E-state index in [0.717, 1.165) is 27.5 Å². The highest BCUT2D eigenvalue weighted by atomic mass is 19.1. The van der Waals surface area contributed by atoms with Gasteiger partial charge in [0.05, 0.1) is 0 Å². The SMILES string of the molecule is C#Cc1ccc2cc(-c3ccc(F)cc3)ccc2c1. The molecule has 0 fully saturated rings. The van der Waals surface area contributed by atoms with Gasteiger partial charge >= 0.3 is 0 Å². The summed E-state index contributed by atoms with van der Waals surface area (Å²) in [5.74, 6) is 2.41. The van der Waals surface area contributed by atoms with Crippen molar-refractivity contribution in [1.29, 1.82) is 0 Å². The van der Waals surface area contributed by atoms with Crippen molar-refractivity contribution in [3.05, 3.63) is 72.0 Å². The Morgan fingerprint density at radius 2 is 1.37 bits per heavy atom. The highest BCUT2D eigenvalue weighted by molar-refractivity contribution is 5.88. The van der Waals surface area contributed by atoms with Crippen LogP contribution in [0.3, 0.4) is 0 Å². The Morgan fingerprint density at radius 1 is 0.737 bits per heavy atom. The molecule has 3 rings (SSSR count). The highest BCUT2D eigenvalue weighted by Crippen LogP contribution is 2.25. The number of hydrogen-bond acceptors (Lipinski definition) is 0. The zero-order valence-electron chi connectivity index (χ0n) is 10.2. The third-order valence-electron chi connectivity index (χ3n) is 3.18. The fourth-order valence-corrected chi connectivity index (χ4v) is 2.16. The van der Waals surface area contributed by atoms with Crippen molar-refractivity contribution >= 4 is 10.8 Å². The zero-order chi connectivity index (χ0) is 13.2. The number of hydrogen-bond donors (Lipinski definition) is 0. The quantitative estimate of drug-likeness (QED) is 0.549. The van der Waals surface area contributed by atoms with Gasteiger partial charge in [-0.05, 0) is 52.2 Å². The summed E-state index contributed by atoms with van der Waals surface area (Å²) in [6.45, 7) is 0. The van der Waals surface area contributed by atoms with Crippen molar-refractivity contribution in [2.75, 3.05) is 0 Å². The third kappa shape index (κ3) is 2.21. The molecule has 0 radical (unpaired) electrons. The lowest BCUT2D eigenvalue weighted by Crippen LogP contribution is -1.81.